The molecule has 3 aromatic rings. The first-order chi connectivity index (χ1) is 16.4. The van der Waals surface area contributed by atoms with E-state index >= 15 is 0 Å². The minimum Gasteiger partial charge on any atom is -0.497 e. The van der Waals surface area contributed by atoms with Crippen LogP contribution in [0.2, 0.25) is 10.0 Å². The maximum atomic E-state index is 13.6. The molecule has 176 valence electrons. The molecule has 0 saturated carbocycles. The van der Waals surface area contributed by atoms with Gasteiger partial charge in [0.25, 0.3) is 11.8 Å². The number of fused-ring (bicyclic) bond motifs is 1. The molecule has 1 aliphatic heterocycles. The van der Waals surface area contributed by atoms with Gasteiger partial charge in [0.05, 0.1) is 28.3 Å². The van der Waals surface area contributed by atoms with E-state index in [1.807, 2.05) is 25.2 Å². The van der Waals surface area contributed by atoms with E-state index in [4.69, 9.17) is 27.9 Å². The minimum absolute atomic E-state index is 0.112. The molecule has 4 rings (SSSR count). The number of ether oxygens (including phenoxy) is 1. The molecule has 0 saturated heterocycles. The van der Waals surface area contributed by atoms with Gasteiger partial charge in [-0.1, -0.05) is 35.3 Å². The van der Waals surface area contributed by atoms with E-state index in [-0.39, 0.29) is 22.9 Å². The number of rotatable bonds is 5. The summed E-state index contributed by atoms with van der Waals surface area (Å²) in [7, 11) is 3.54. The van der Waals surface area contributed by atoms with Crippen molar-refractivity contribution in [2.75, 3.05) is 30.9 Å². The fraction of sp³-hybridized carbons (Fsp3) is 0.231. The predicted octanol–water partition coefficient (Wildman–Crippen LogP) is 5.96. The van der Waals surface area contributed by atoms with Crippen molar-refractivity contribution in [3.63, 3.8) is 0 Å². The maximum Gasteiger partial charge on any atom is 0.259 e. The number of benzene rings is 3. The average molecular weight is 498 g/mol. The Morgan fingerprint density at radius 3 is 2.50 bits per heavy atom. The molecule has 1 unspecified atom stereocenters. The summed E-state index contributed by atoms with van der Waals surface area (Å²) in [5.74, 6) is 0.191. The number of nitrogens with one attached hydrogen (secondary N) is 2. The van der Waals surface area contributed by atoms with E-state index in [9.17, 15) is 9.59 Å². The summed E-state index contributed by atoms with van der Waals surface area (Å²) < 4.78 is 5.40. The molecule has 1 heterocycles. The van der Waals surface area contributed by atoms with Gasteiger partial charge in [0.2, 0.25) is 0 Å². The second-order valence-electron chi connectivity index (χ2n) is 7.99. The largest absolute Gasteiger partial charge is 0.497 e. The molecule has 0 aromatic heterocycles. The molecule has 34 heavy (non-hydrogen) atoms. The Hall–Kier alpha value is -3.06. The number of methoxy groups -OCH3 is 1. The number of halogens is 2. The number of hydrogen-bond acceptors (Lipinski definition) is 4. The summed E-state index contributed by atoms with van der Waals surface area (Å²) in [6, 6.07) is 17.5. The molecule has 0 spiro atoms. The van der Waals surface area contributed by atoms with Crippen molar-refractivity contribution in [1.82, 2.24) is 5.32 Å². The second-order valence-corrected chi connectivity index (χ2v) is 8.81. The first kappa shape index (κ1) is 24.1. The third-order valence-corrected chi connectivity index (χ3v) is 6.59. The Balaban J connectivity index is 1.61. The second kappa shape index (κ2) is 10.5. The van der Waals surface area contributed by atoms with Gasteiger partial charge in [0, 0.05) is 24.0 Å². The van der Waals surface area contributed by atoms with E-state index < -0.39 is 0 Å². The number of carbonyl (C=O) groups is 2. The summed E-state index contributed by atoms with van der Waals surface area (Å²) >= 11 is 12.6. The van der Waals surface area contributed by atoms with Gasteiger partial charge in [-0.25, -0.2) is 0 Å². The molecule has 1 atom stereocenters. The Kier molecular flexibility index (Phi) is 7.41. The lowest BCUT2D eigenvalue weighted by atomic mass is 10.0. The van der Waals surface area contributed by atoms with Crippen molar-refractivity contribution in [2.24, 2.45) is 0 Å². The van der Waals surface area contributed by atoms with Crippen molar-refractivity contribution in [2.45, 2.75) is 18.9 Å². The molecule has 6 nitrogen and oxygen atoms in total. The van der Waals surface area contributed by atoms with Gasteiger partial charge in [0.1, 0.15) is 5.75 Å². The van der Waals surface area contributed by atoms with Gasteiger partial charge in [0.15, 0.2) is 0 Å². The summed E-state index contributed by atoms with van der Waals surface area (Å²) in [6.07, 6.45) is 1.72. The van der Waals surface area contributed by atoms with Crippen LogP contribution >= 0.6 is 23.2 Å². The van der Waals surface area contributed by atoms with Crippen LogP contribution in [0.3, 0.4) is 0 Å². The van der Waals surface area contributed by atoms with Crippen LogP contribution in [-0.4, -0.2) is 32.5 Å². The van der Waals surface area contributed by atoms with Crippen LogP contribution in [0.25, 0.3) is 0 Å². The lowest BCUT2D eigenvalue weighted by Gasteiger charge is -2.25. The normalized spacial score (nSPS) is 15.3. The molecule has 2 amide bonds. The topological polar surface area (TPSA) is 70.7 Å². The highest BCUT2D eigenvalue weighted by Gasteiger charge is 2.28. The van der Waals surface area contributed by atoms with Crippen LogP contribution in [0.1, 0.15) is 45.2 Å². The van der Waals surface area contributed by atoms with E-state index in [0.29, 0.717) is 28.4 Å². The zero-order chi connectivity index (χ0) is 24.2. The lowest BCUT2D eigenvalue weighted by molar-refractivity contribution is 0.0986. The van der Waals surface area contributed by atoms with Gasteiger partial charge in [-0.05, 0) is 74.0 Å². The molecule has 1 aliphatic rings. The highest BCUT2D eigenvalue weighted by molar-refractivity contribution is 6.35. The number of carbonyl (C=O) groups excluding carboxylic acids is 2. The van der Waals surface area contributed by atoms with Gasteiger partial charge < -0.3 is 20.3 Å². The standard InChI is InChI=1S/C26H25Cl2N3O3/c1-29-23-8-5-13-31(24-12-10-17(34-2)15-20(23)24)26(33)19-11-9-16(14-22(19)28)30-25(32)18-6-3-4-7-21(18)27/h3-4,6-7,9-12,14-15,23,29H,5,8,13H2,1-2H3,(H,30,32). The van der Waals surface area contributed by atoms with E-state index in [1.165, 1.54) is 0 Å². The Labute approximate surface area is 208 Å². The van der Waals surface area contributed by atoms with Crippen LogP contribution in [0.15, 0.2) is 60.7 Å². The molecule has 0 fully saturated rings. The highest BCUT2D eigenvalue weighted by atomic mass is 35.5. The van der Waals surface area contributed by atoms with Crippen molar-refractivity contribution >= 4 is 46.4 Å². The Bertz CT molecular complexity index is 1230. The molecular formula is C26H25Cl2N3O3. The fourth-order valence-electron chi connectivity index (χ4n) is 4.18. The molecule has 0 radical (unpaired) electrons. The third kappa shape index (κ3) is 4.89. The first-order valence-electron chi connectivity index (χ1n) is 11.0. The minimum atomic E-state index is -0.353. The predicted molar refractivity (Wildman–Crippen MR) is 137 cm³/mol. The monoisotopic (exact) mass is 497 g/mol. The quantitative estimate of drug-likeness (QED) is 0.456. The van der Waals surface area contributed by atoms with Gasteiger partial charge in [-0.2, -0.15) is 0 Å². The maximum absolute atomic E-state index is 13.6. The number of anilines is 2. The van der Waals surface area contributed by atoms with E-state index in [0.717, 1.165) is 29.8 Å². The first-order valence-corrected chi connectivity index (χ1v) is 11.7. The van der Waals surface area contributed by atoms with Crippen LogP contribution in [0, 0.1) is 0 Å². The molecule has 0 aliphatic carbocycles. The lowest BCUT2D eigenvalue weighted by Crippen LogP contribution is -2.32. The van der Waals surface area contributed by atoms with Crippen LogP contribution < -0.4 is 20.3 Å². The van der Waals surface area contributed by atoms with Gasteiger partial charge >= 0.3 is 0 Å². The van der Waals surface area contributed by atoms with Crippen molar-refractivity contribution < 1.29 is 14.3 Å². The van der Waals surface area contributed by atoms with Crippen LogP contribution in [0.4, 0.5) is 11.4 Å². The van der Waals surface area contributed by atoms with Crippen LogP contribution in [0.5, 0.6) is 5.75 Å². The van der Waals surface area contributed by atoms with E-state index in [1.54, 1.807) is 54.5 Å². The summed E-state index contributed by atoms with van der Waals surface area (Å²) in [6.45, 7) is 0.567. The smallest absolute Gasteiger partial charge is 0.259 e. The number of nitrogens with zero attached hydrogens (tertiary/aromatic N) is 1. The summed E-state index contributed by atoms with van der Waals surface area (Å²) in [5, 5.41) is 6.73. The van der Waals surface area contributed by atoms with Crippen molar-refractivity contribution in [3.05, 3.63) is 87.4 Å². The van der Waals surface area contributed by atoms with Crippen LogP contribution in [-0.2, 0) is 0 Å². The zero-order valence-corrected chi connectivity index (χ0v) is 20.4. The molecule has 2 N–H and O–H groups in total. The molecule has 0 bridgehead atoms. The summed E-state index contributed by atoms with van der Waals surface area (Å²) in [5.41, 5.74) is 3.03. The molecule has 3 aromatic carbocycles. The average Bonchev–Trinajstić information content (AvgIpc) is 3.02. The van der Waals surface area contributed by atoms with Gasteiger partial charge in [-0.3, -0.25) is 9.59 Å². The number of hydrogen-bond donors (Lipinski definition) is 2. The number of amides is 2. The van der Waals surface area contributed by atoms with E-state index in [2.05, 4.69) is 10.6 Å². The highest BCUT2D eigenvalue weighted by Crippen LogP contribution is 2.37. The van der Waals surface area contributed by atoms with Crippen molar-refractivity contribution in [3.8, 4) is 5.75 Å². The zero-order valence-electron chi connectivity index (χ0n) is 18.9. The summed E-state index contributed by atoms with van der Waals surface area (Å²) in [4.78, 5) is 27.9. The Morgan fingerprint density at radius 2 is 1.79 bits per heavy atom. The molecular weight excluding hydrogens is 473 g/mol. The molecule has 8 heteroatoms. The SMILES string of the molecule is CNC1CCCN(C(=O)c2ccc(NC(=O)c3ccccc3Cl)cc2Cl)c2ccc(OC)cc21. The Morgan fingerprint density at radius 1 is 1.00 bits per heavy atom. The van der Waals surface area contributed by atoms with Gasteiger partial charge in [-0.15, -0.1) is 0 Å². The third-order valence-electron chi connectivity index (χ3n) is 5.94. The fourth-order valence-corrected chi connectivity index (χ4v) is 4.66. The van der Waals surface area contributed by atoms with Crippen molar-refractivity contribution in [1.29, 1.82) is 0 Å².